The van der Waals surface area contributed by atoms with E-state index in [0.717, 1.165) is 25.2 Å². The van der Waals surface area contributed by atoms with E-state index in [1.54, 1.807) is 12.3 Å². The molecule has 1 aromatic heterocycles. The third-order valence-electron chi connectivity index (χ3n) is 4.13. The molecule has 1 fully saturated rings. The number of aromatic nitrogens is 2. The highest BCUT2D eigenvalue weighted by atomic mass is 16.2. The van der Waals surface area contributed by atoms with Crippen LogP contribution in [0.1, 0.15) is 35.8 Å². The molecule has 0 bridgehead atoms. The van der Waals surface area contributed by atoms with Gasteiger partial charge in [0.25, 0.3) is 5.91 Å². The van der Waals surface area contributed by atoms with Gasteiger partial charge in [-0.05, 0) is 43.9 Å². The summed E-state index contributed by atoms with van der Waals surface area (Å²) in [6.45, 7) is 5.85. The molecule has 1 aliphatic rings. The molecule has 23 heavy (non-hydrogen) atoms. The second-order valence-corrected chi connectivity index (χ2v) is 6.26. The summed E-state index contributed by atoms with van der Waals surface area (Å²) < 4.78 is 0. The highest BCUT2D eigenvalue weighted by Crippen LogP contribution is 2.18. The maximum Gasteiger partial charge on any atom is 0.272 e. The topological polar surface area (TPSA) is 58.1 Å². The summed E-state index contributed by atoms with van der Waals surface area (Å²) in [5.41, 5.74) is 2.55. The van der Waals surface area contributed by atoms with E-state index in [1.165, 1.54) is 12.0 Å². The van der Waals surface area contributed by atoms with Crippen molar-refractivity contribution >= 4 is 17.5 Å². The van der Waals surface area contributed by atoms with Crippen molar-refractivity contribution in [1.29, 1.82) is 0 Å². The van der Waals surface area contributed by atoms with E-state index in [9.17, 15) is 4.79 Å². The number of rotatable bonds is 3. The molecular weight excluding hydrogens is 288 g/mol. The molecule has 0 aliphatic carbocycles. The number of hydrogen-bond donors (Lipinski definition) is 1. The number of amides is 1. The Morgan fingerprint density at radius 1 is 1.26 bits per heavy atom. The third-order valence-corrected chi connectivity index (χ3v) is 4.13. The summed E-state index contributed by atoms with van der Waals surface area (Å²) in [4.78, 5) is 23.1. The van der Waals surface area contributed by atoms with Crippen molar-refractivity contribution in [1.82, 2.24) is 14.9 Å². The fourth-order valence-electron chi connectivity index (χ4n) is 2.84. The molecule has 1 aliphatic heterocycles. The smallest absolute Gasteiger partial charge is 0.272 e. The number of benzene rings is 1. The molecule has 1 N–H and O–H groups in total. The molecule has 1 saturated heterocycles. The lowest BCUT2D eigenvalue weighted by Crippen LogP contribution is -2.39. The number of aryl methyl sites for hydroxylation is 1. The highest BCUT2D eigenvalue weighted by molar-refractivity contribution is 5.92. The first kappa shape index (κ1) is 15.5. The Hall–Kier alpha value is -2.43. The minimum atomic E-state index is -0.00842. The quantitative estimate of drug-likeness (QED) is 0.944. The predicted molar refractivity (Wildman–Crippen MR) is 90.8 cm³/mol. The van der Waals surface area contributed by atoms with Crippen LogP contribution in [0.2, 0.25) is 0 Å². The Bertz CT molecular complexity index is 684. The molecule has 1 atom stereocenters. The van der Waals surface area contributed by atoms with Gasteiger partial charge in [-0.15, -0.1) is 0 Å². The molecule has 1 amide bonds. The van der Waals surface area contributed by atoms with Crippen molar-refractivity contribution < 1.29 is 4.79 Å². The van der Waals surface area contributed by atoms with Gasteiger partial charge in [-0.1, -0.05) is 24.6 Å². The second kappa shape index (κ2) is 6.77. The van der Waals surface area contributed by atoms with Gasteiger partial charge in [0.05, 0.1) is 0 Å². The van der Waals surface area contributed by atoms with Crippen LogP contribution in [0.3, 0.4) is 0 Å². The first-order valence-electron chi connectivity index (χ1n) is 8.08. The normalized spacial score (nSPS) is 17.8. The van der Waals surface area contributed by atoms with Gasteiger partial charge in [0.2, 0.25) is 5.95 Å². The first-order chi connectivity index (χ1) is 11.1. The van der Waals surface area contributed by atoms with Crippen LogP contribution in [-0.2, 0) is 0 Å². The molecule has 0 saturated carbocycles. The van der Waals surface area contributed by atoms with Gasteiger partial charge in [-0.25, -0.2) is 9.97 Å². The second-order valence-electron chi connectivity index (χ2n) is 6.26. The van der Waals surface area contributed by atoms with Gasteiger partial charge in [0.15, 0.2) is 0 Å². The Morgan fingerprint density at radius 3 is 2.78 bits per heavy atom. The molecule has 0 spiro atoms. The maximum atomic E-state index is 12.6. The monoisotopic (exact) mass is 310 g/mol. The van der Waals surface area contributed by atoms with E-state index in [-0.39, 0.29) is 5.91 Å². The summed E-state index contributed by atoms with van der Waals surface area (Å²) >= 11 is 0. The molecule has 5 heteroatoms. The number of carbonyl (C=O) groups is 1. The SMILES string of the molecule is Cc1ccc(Nc2nccc(C(=O)N3CCCC(C)C3)n2)cc1. The van der Waals surface area contributed by atoms with Gasteiger partial charge in [-0.2, -0.15) is 0 Å². The van der Waals surface area contributed by atoms with Crippen LogP contribution in [-0.4, -0.2) is 33.9 Å². The molecule has 3 rings (SSSR count). The lowest BCUT2D eigenvalue weighted by molar-refractivity contribution is 0.0677. The lowest BCUT2D eigenvalue weighted by atomic mass is 10.00. The number of nitrogens with one attached hydrogen (secondary N) is 1. The summed E-state index contributed by atoms with van der Waals surface area (Å²) in [6.07, 6.45) is 3.88. The lowest BCUT2D eigenvalue weighted by Gasteiger charge is -2.30. The van der Waals surface area contributed by atoms with Gasteiger partial charge < -0.3 is 10.2 Å². The fraction of sp³-hybridized carbons (Fsp3) is 0.389. The van der Waals surface area contributed by atoms with E-state index >= 15 is 0 Å². The van der Waals surface area contributed by atoms with Crippen LogP contribution in [0.15, 0.2) is 36.5 Å². The number of nitrogens with zero attached hydrogens (tertiary/aromatic N) is 3. The Morgan fingerprint density at radius 2 is 2.04 bits per heavy atom. The molecule has 1 unspecified atom stereocenters. The molecule has 2 aromatic rings. The third kappa shape index (κ3) is 3.86. The molecule has 120 valence electrons. The number of piperidine rings is 1. The zero-order chi connectivity index (χ0) is 16.2. The van der Waals surface area contributed by atoms with Crippen LogP contribution in [0, 0.1) is 12.8 Å². The Labute approximate surface area is 136 Å². The minimum absolute atomic E-state index is 0.00842. The Balaban J connectivity index is 1.74. The highest BCUT2D eigenvalue weighted by Gasteiger charge is 2.23. The first-order valence-corrected chi connectivity index (χ1v) is 8.08. The van der Waals surface area contributed by atoms with Crippen LogP contribution in [0.5, 0.6) is 0 Å². The molecule has 1 aromatic carbocycles. The zero-order valence-electron chi connectivity index (χ0n) is 13.6. The van der Waals surface area contributed by atoms with Crippen molar-refractivity contribution in [2.24, 2.45) is 5.92 Å². The number of likely N-dealkylation sites (tertiary alicyclic amines) is 1. The van der Waals surface area contributed by atoms with E-state index in [0.29, 0.717) is 17.6 Å². The van der Waals surface area contributed by atoms with Gasteiger partial charge in [0.1, 0.15) is 5.69 Å². The van der Waals surface area contributed by atoms with Crippen LogP contribution in [0.25, 0.3) is 0 Å². The summed E-state index contributed by atoms with van der Waals surface area (Å²) in [5.74, 6) is 0.996. The van der Waals surface area contributed by atoms with Crippen molar-refractivity contribution in [3.63, 3.8) is 0 Å². The van der Waals surface area contributed by atoms with E-state index in [4.69, 9.17) is 0 Å². The fourth-order valence-corrected chi connectivity index (χ4v) is 2.84. The standard InChI is InChI=1S/C18H22N4O/c1-13-5-7-15(8-6-13)20-18-19-10-9-16(21-18)17(23)22-11-3-4-14(2)12-22/h5-10,14H,3-4,11-12H2,1-2H3,(H,19,20,21). The minimum Gasteiger partial charge on any atom is -0.337 e. The van der Waals surface area contributed by atoms with Gasteiger partial charge in [0, 0.05) is 25.0 Å². The van der Waals surface area contributed by atoms with Crippen molar-refractivity contribution in [3.8, 4) is 0 Å². The van der Waals surface area contributed by atoms with Gasteiger partial charge in [-0.3, -0.25) is 4.79 Å². The average Bonchev–Trinajstić information content (AvgIpc) is 2.56. The average molecular weight is 310 g/mol. The maximum absolute atomic E-state index is 12.6. The van der Waals surface area contributed by atoms with E-state index < -0.39 is 0 Å². The number of carbonyl (C=O) groups excluding carboxylic acids is 1. The van der Waals surface area contributed by atoms with Crippen molar-refractivity contribution in [2.45, 2.75) is 26.7 Å². The van der Waals surface area contributed by atoms with E-state index in [1.807, 2.05) is 36.1 Å². The van der Waals surface area contributed by atoms with Gasteiger partial charge >= 0.3 is 0 Å². The molecule has 2 heterocycles. The van der Waals surface area contributed by atoms with Crippen molar-refractivity contribution in [2.75, 3.05) is 18.4 Å². The largest absolute Gasteiger partial charge is 0.337 e. The van der Waals surface area contributed by atoms with Crippen LogP contribution >= 0.6 is 0 Å². The molecular formula is C18H22N4O. The Kier molecular flexibility index (Phi) is 4.55. The van der Waals surface area contributed by atoms with E-state index in [2.05, 4.69) is 22.2 Å². The number of anilines is 2. The van der Waals surface area contributed by atoms with Crippen LogP contribution in [0.4, 0.5) is 11.6 Å². The number of hydrogen-bond acceptors (Lipinski definition) is 4. The summed E-state index contributed by atoms with van der Waals surface area (Å²) in [5, 5.41) is 3.15. The summed E-state index contributed by atoms with van der Waals surface area (Å²) in [7, 11) is 0. The van der Waals surface area contributed by atoms with Crippen LogP contribution < -0.4 is 5.32 Å². The zero-order valence-corrected chi connectivity index (χ0v) is 13.6. The molecule has 0 radical (unpaired) electrons. The summed E-state index contributed by atoms with van der Waals surface area (Å²) in [6, 6.07) is 9.67. The van der Waals surface area contributed by atoms with Crippen molar-refractivity contribution in [3.05, 3.63) is 47.8 Å². The predicted octanol–water partition coefficient (Wildman–Crippen LogP) is 3.40. The molecule has 5 nitrogen and oxygen atoms in total.